The minimum absolute atomic E-state index is 0.128. The zero-order valence-electron chi connectivity index (χ0n) is 25.0. The van der Waals surface area contributed by atoms with Crippen LogP contribution in [0, 0.1) is 11.7 Å². The molecule has 1 fully saturated rings. The zero-order chi connectivity index (χ0) is 31.0. The minimum Gasteiger partial charge on any atom is -0.491 e. The maximum atomic E-state index is 14.2. The van der Waals surface area contributed by atoms with E-state index in [0.717, 1.165) is 5.56 Å². The summed E-state index contributed by atoms with van der Waals surface area (Å²) in [5.74, 6) is -2.20. The lowest BCUT2D eigenvalue weighted by molar-refractivity contribution is -0.137. The fraction of sp³-hybridized carbons (Fsp3) is 0.500. The van der Waals surface area contributed by atoms with Gasteiger partial charge in [-0.25, -0.2) is 4.39 Å². The highest BCUT2D eigenvalue weighted by Gasteiger charge is 2.37. The molecular formula is C32H41FN4O6. The Labute approximate surface area is 251 Å². The molecule has 2 aromatic rings. The third-order valence-electron chi connectivity index (χ3n) is 8.49. The van der Waals surface area contributed by atoms with Gasteiger partial charge in [0.2, 0.25) is 17.7 Å². The van der Waals surface area contributed by atoms with Gasteiger partial charge >= 0.3 is 0 Å². The number of fused-ring (bicyclic) bond motifs is 1. The van der Waals surface area contributed by atoms with Crippen LogP contribution in [0.4, 0.5) is 4.39 Å². The summed E-state index contributed by atoms with van der Waals surface area (Å²) in [6, 6.07) is 10.8. The minimum atomic E-state index is -1.25. The molecule has 0 spiro atoms. The second-order valence-corrected chi connectivity index (χ2v) is 11.4. The standard InChI is InChI=1S/C32H41FN4O6/c1-4-21(2)28-31(41)37(3)14-17-43-26-11-6-5-10-24(26)29(39)35-25(19-27(38)36-28)30(40)34-20-32(12-15-42-16-13-32)22-8-7-9-23(33)18-22/h5-11,18,21,25,28H,4,12-17,19-20H2,1-3H3,(H,34,40)(H,35,39)(H,36,38)/t21-,25-,28-/m0/s1. The van der Waals surface area contributed by atoms with Crippen LogP contribution >= 0.6 is 0 Å². The predicted molar refractivity (Wildman–Crippen MR) is 158 cm³/mol. The molecule has 4 amide bonds. The molecular weight excluding hydrogens is 555 g/mol. The molecule has 2 aliphatic heterocycles. The van der Waals surface area contributed by atoms with Crippen LogP contribution in [0.15, 0.2) is 48.5 Å². The van der Waals surface area contributed by atoms with E-state index in [0.29, 0.717) is 38.2 Å². The molecule has 2 heterocycles. The number of likely N-dealkylation sites (N-methyl/N-ethyl adjacent to an activating group) is 1. The van der Waals surface area contributed by atoms with Crippen LogP contribution in [0.2, 0.25) is 0 Å². The number of carbonyl (C=O) groups excluding carboxylic acids is 4. The van der Waals surface area contributed by atoms with Gasteiger partial charge in [-0.2, -0.15) is 0 Å². The fourth-order valence-electron chi connectivity index (χ4n) is 5.49. The first kappa shape index (κ1) is 31.9. The fourth-order valence-corrected chi connectivity index (χ4v) is 5.49. The van der Waals surface area contributed by atoms with Crippen LogP contribution in [-0.2, 0) is 24.5 Å². The van der Waals surface area contributed by atoms with Crippen molar-refractivity contribution in [2.24, 2.45) is 5.92 Å². The van der Waals surface area contributed by atoms with E-state index in [4.69, 9.17) is 9.47 Å². The number of rotatable bonds is 6. The number of ether oxygens (including phenoxy) is 2. The smallest absolute Gasteiger partial charge is 0.255 e. The van der Waals surface area contributed by atoms with Crippen LogP contribution < -0.4 is 20.7 Å². The topological polar surface area (TPSA) is 126 Å². The molecule has 0 bridgehead atoms. The number of para-hydroxylation sites is 1. The second kappa shape index (κ2) is 14.5. The molecule has 11 heteroatoms. The van der Waals surface area contributed by atoms with Crippen molar-refractivity contribution in [2.45, 2.75) is 57.0 Å². The third kappa shape index (κ3) is 7.90. The van der Waals surface area contributed by atoms with Crippen LogP contribution in [0.25, 0.3) is 0 Å². The number of halogens is 1. The highest BCUT2D eigenvalue weighted by Crippen LogP contribution is 2.34. The number of amides is 4. The van der Waals surface area contributed by atoms with Gasteiger partial charge in [0.1, 0.15) is 30.3 Å². The molecule has 43 heavy (non-hydrogen) atoms. The molecule has 3 atom stereocenters. The van der Waals surface area contributed by atoms with E-state index in [1.54, 1.807) is 37.4 Å². The van der Waals surface area contributed by atoms with Gasteiger partial charge in [-0.15, -0.1) is 0 Å². The first-order valence-corrected chi connectivity index (χ1v) is 14.8. The molecule has 0 aromatic heterocycles. The molecule has 1 saturated heterocycles. The van der Waals surface area contributed by atoms with Crippen LogP contribution in [0.1, 0.15) is 55.5 Å². The van der Waals surface area contributed by atoms with Gasteiger partial charge in [0.25, 0.3) is 5.91 Å². The van der Waals surface area contributed by atoms with Crippen LogP contribution in [0.5, 0.6) is 5.75 Å². The maximum absolute atomic E-state index is 14.2. The van der Waals surface area contributed by atoms with Crippen molar-refractivity contribution in [3.63, 3.8) is 0 Å². The summed E-state index contributed by atoms with van der Waals surface area (Å²) in [4.78, 5) is 55.3. The van der Waals surface area contributed by atoms with Gasteiger partial charge in [0.15, 0.2) is 0 Å². The molecule has 10 nitrogen and oxygen atoms in total. The Morgan fingerprint density at radius 3 is 2.56 bits per heavy atom. The number of benzene rings is 2. The molecule has 4 rings (SSSR count). The van der Waals surface area contributed by atoms with E-state index in [1.165, 1.54) is 17.0 Å². The van der Waals surface area contributed by atoms with Crippen molar-refractivity contribution in [3.05, 3.63) is 65.5 Å². The largest absolute Gasteiger partial charge is 0.491 e. The van der Waals surface area contributed by atoms with Gasteiger partial charge in [0.05, 0.1) is 18.5 Å². The van der Waals surface area contributed by atoms with Gasteiger partial charge in [-0.1, -0.05) is 44.5 Å². The van der Waals surface area contributed by atoms with E-state index < -0.39 is 35.2 Å². The van der Waals surface area contributed by atoms with Crippen molar-refractivity contribution in [3.8, 4) is 5.75 Å². The summed E-state index contributed by atoms with van der Waals surface area (Å²) in [6.45, 7) is 5.24. The molecule has 0 unspecified atom stereocenters. The number of nitrogens with one attached hydrogen (secondary N) is 3. The van der Waals surface area contributed by atoms with Gasteiger partial charge in [-0.05, 0) is 48.6 Å². The van der Waals surface area contributed by atoms with E-state index in [2.05, 4.69) is 16.0 Å². The Bertz CT molecular complexity index is 1310. The SMILES string of the molecule is CC[C@H](C)[C@@H]1NC(=O)C[C@@H](C(=O)NCC2(c3cccc(F)c3)CCOCC2)NC(=O)c2ccccc2OCCN(C)C1=O. The number of hydrogen-bond donors (Lipinski definition) is 3. The van der Waals surface area contributed by atoms with Gasteiger partial charge < -0.3 is 30.3 Å². The van der Waals surface area contributed by atoms with Crippen molar-refractivity contribution < 1.29 is 33.0 Å². The lowest BCUT2D eigenvalue weighted by Gasteiger charge is -2.38. The Morgan fingerprint density at radius 2 is 1.84 bits per heavy atom. The monoisotopic (exact) mass is 596 g/mol. The highest BCUT2D eigenvalue weighted by molar-refractivity contribution is 6.01. The summed E-state index contributed by atoms with van der Waals surface area (Å²) in [5.41, 5.74) is 0.363. The lowest BCUT2D eigenvalue weighted by Crippen LogP contribution is -2.55. The van der Waals surface area contributed by atoms with Gasteiger partial charge in [0, 0.05) is 32.2 Å². The van der Waals surface area contributed by atoms with Crippen molar-refractivity contribution in [1.82, 2.24) is 20.9 Å². The normalized spacial score (nSPS) is 22.2. The summed E-state index contributed by atoms with van der Waals surface area (Å²) in [5, 5.41) is 8.44. The molecule has 0 saturated carbocycles. The highest BCUT2D eigenvalue weighted by atomic mass is 19.1. The average molecular weight is 597 g/mol. The summed E-state index contributed by atoms with van der Waals surface area (Å²) < 4.78 is 25.6. The molecule has 2 aliphatic rings. The molecule has 3 N–H and O–H groups in total. The van der Waals surface area contributed by atoms with Crippen LogP contribution in [-0.4, -0.2) is 80.6 Å². The van der Waals surface area contributed by atoms with Crippen molar-refractivity contribution in [1.29, 1.82) is 0 Å². The van der Waals surface area contributed by atoms with E-state index in [1.807, 2.05) is 19.9 Å². The maximum Gasteiger partial charge on any atom is 0.255 e. The second-order valence-electron chi connectivity index (χ2n) is 11.4. The number of carbonyl (C=O) groups is 4. The van der Waals surface area contributed by atoms with E-state index >= 15 is 0 Å². The van der Waals surface area contributed by atoms with Gasteiger partial charge in [-0.3, -0.25) is 19.2 Å². The molecule has 0 aliphatic carbocycles. The first-order valence-electron chi connectivity index (χ1n) is 14.8. The van der Waals surface area contributed by atoms with Crippen LogP contribution in [0.3, 0.4) is 0 Å². The molecule has 2 aromatic carbocycles. The number of hydrogen-bond acceptors (Lipinski definition) is 6. The Morgan fingerprint density at radius 1 is 1.09 bits per heavy atom. The van der Waals surface area contributed by atoms with Crippen molar-refractivity contribution in [2.75, 3.05) is 40.0 Å². The average Bonchev–Trinajstić information content (AvgIpc) is 3.01. The summed E-state index contributed by atoms with van der Waals surface area (Å²) >= 11 is 0. The van der Waals surface area contributed by atoms with E-state index in [-0.39, 0.29) is 49.3 Å². The zero-order valence-corrected chi connectivity index (χ0v) is 25.0. The molecule has 232 valence electrons. The Kier molecular flexibility index (Phi) is 10.7. The summed E-state index contributed by atoms with van der Waals surface area (Å²) in [6.07, 6.45) is 1.37. The van der Waals surface area contributed by atoms with E-state index in [9.17, 15) is 23.6 Å². The summed E-state index contributed by atoms with van der Waals surface area (Å²) in [7, 11) is 1.64. The third-order valence-corrected chi connectivity index (χ3v) is 8.49. The lowest BCUT2D eigenvalue weighted by atomic mass is 9.74. The number of nitrogens with zero attached hydrogens (tertiary/aromatic N) is 1. The van der Waals surface area contributed by atoms with Crippen molar-refractivity contribution >= 4 is 23.6 Å². The molecule has 0 radical (unpaired) electrons. The predicted octanol–water partition coefficient (Wildman–Crippen LogP) is 2.56. The quantitative estimate of drug-likeness (QED) is 0.471. The first-order chi connectivity index (χ1) is 20.6. The Hall–Kier alpha value is -3.99. The Balaban J connectivity index is 1.61.